The maximum absolute atomic E-state index is 12.5. The van der Waals surface area contributed by atoms with Crippen LogP contribution in [0.25, 0.3) is 22.6 Å². The van der Waals surface area contributed by atoms with E-state index in [0.717, 1.165) is 0 Å². The van der Waals surface area contributed by atoms with E-state index in [2.05, 4.69) is 31.0 Å². The summed E-state index contributed by atoms with van der Waals surface area (Å²) in [5.74, 6) is -0.633. The lowest BCUT2D eigenvalue weighted by Crippen LogP contribution is -2.35. The maximum Gasteiger partial charge on any atom is 0.341 e. The number of carboxylic acid groups (broad SMARTS) is 1. The van der Waals surface area contributed by atoms with Gasteiger partial charge in [-0.05, 0) is 11.5 Å². The number of fused-ring (bicyclic) bond motifs is 3. The topological polar surface area (TPSA) is 121 Å². The molecule has 4 heterocycles. The van der Waals surface area contributed by atoms with Crippen LogP contribution in [0.3, 0.4) is 0 Å². The van der Waals surface area contributed by atoms with Gasteiger partial charge in [0, 0.05) is 18.3 Å². The number of hydrogen-bond acceptors (Lipinski definition) is 7. The molecule has 31 heavy (non-hydrogen) atoms. The number of methoxy groups -OCH3 is 2. The van der Waals surface area contributed by atoms with Gasteiger partial charge >= 0.3 is 5.97 Å². The van der Waals surface area contributed by atoms with Crippen LogP contribution in [0.2, 0.25) is 0 Å². The minimum absolute atomic E-state index is 0.117. The quantitative estimate of drug-likeness (QED) is 0.677. The Hall–Kier alpha value is -3.69. The fourth-order valence-electron chi connectivity index (χ4n) is 3.81. The molecule has 0 radical (unpaired) electrons. The number of rotatable bonds is 4. The second-order valence-corrected chi connectivity index (χ2v) is 8.44. The summed E-state index contributed by atoms with van der Waals surface area (Å²) < 4.78 is 14.2. The van der Waals surface area contributed by atoms with E-state index in [1.807, 2.05) is 15.3 Å². The lowest BCUT2D eigenvalue weighted by molar-refractivity contribution is 0.0693. The summed E-state index contributed by atoms with van der Waals surface area (Å²) in [6.45, 7) is 6.70. The third kappa shape index (κ3) is 3.43. The van der Waals surface area contributed by atoms with Crippen molar-refractivity contribution < 1.29 is 19.4 Å². The molecule has 0 aliphatic carbocycles. The Bertz CT molecular complexity index is 1240. The van der Waals surface area contributed by atoms with E-state index in [9.17, 15) is 14.7 Å². The second kappa shape index (κ2) is 7.22. The Morgan fingerprint density at radius 3 is 2.48 bits per heavy atom. The predicted molar refractivity (Wildman–Crippen MR) is 112 cm³/mol. The fraction of sp³-hybridized carbons (Fsp3) is 0.381. The molecule has 0 fully saturated rings. The van der Waals surface area contributed by atoms with E-state index in [-0.39, 0.29) is 17.0 Å². The number of hydrogen-bond donors (Lipinski definition) is 1. The van der Waals surface area contributed by atoms with Crippen molar-refractivity contribution in [3.8, 4) is 34.4 Å². The molecule has 0 amide bonds. The van der Waals surface area contributed by atoms with Crippen molar-refractivity contribution in [3.63, 3.8) is 0 Å². The Morgan fingerprint density at radius 2 is 1.87 bits per heavy atom. The van der Waals surface area contributed by atoms with Crippen molar-refractivity contribution in [2.75, 3.05) is 14.2 Å². The first-order valence-corrected chi connectivity index (χ1v) is 9.67. The van der Waals surface area contributed by atoms with E-state index in [4.69, 9.17) is 14.6 Å². The van der Waals surface area contributed by atoms with E-state index in [1.54, 1.807) is 6.07 Å². The van der Waals surface area contributed by atoms with Crippen molar-refractivity contribution in [1.82, 2.24) is 24.5 Å². The molecule has 1 aliphatic heterocycles. The van der Waals surface area contributed by atoms with Gasteiger partial charge in [0.2, 0.25) is 11.8 Å². The van der Waals surface area contributed by atoms with E-state index < -0.39 is 11.4 Å². The summed E-state index contributed by atoms with van der Waals surface area (Å²) in [5, 5.41) is 22.1. The summed E-state index contributed by atoms with van der Waals surface area (Å²) in [7, 11) is 2.99. The molecule has 0 spiro atoms. The standard InChI is InChI=1S/C21H23N5O5/c1-21(2,3)17-10-26-15(14-8-16(27)12(20(28)29)9-25(14)17)7-13(24-26)11-6-18(30-4)22-23-19(11)31-5/h6-9,17H,10H2,1-5H3,(H,28,29)/t17-/m0/s1. The molecule has 1 aliphatic rings. The zero-order chi connectivity index (χ0) is 22.5. The van der Waals surface area contributed by atoms with Gasteiger partial charge in [-0.3, -0.25) is 9.48 Å². The Morgan fingerprint density at radius 1 is 1.13 bits per heavy atom. The van der Waals surface area contributed by atoms with Crippen molar-refractivity contribution >= 4 is 5.97 Å². The number of pyridine rings is 1. The molecule has 10 nitrogen and oxygen atoms in total. The van der Waals surface area contributed by atoms with Crippen LogP contribution in [0.1, 0.15) is 37.2 Å². The lowest BCUT2D eigenvalue weighted by atomic mass is 9.85. The third-order valence-corrected chi connectivity index (χ3v) is 5.45. The molecule has 4 rings (SSSR count). The number of aromatic nitrogens is 5. The summed E-state index contributed by atoms with van der Waals surface area (Å²) in [4.78, 5) is 24.0. The summed E-state index contributed by atoms with van der Waals surface area (Å²) in [6, 6.07) is 4.75. The van der Waals surface area contributed by atoms with Crippen LogP contribution >= 0.6 is 0 Å². The van der Waals surface area contributed by atoms with Crippen molar-refractivity contribution in [3.05, 3.63) is 40.2 Å². The van der Waals surface area contributed by atoms with E-state index in [0.29, 0.717) is 40.9 Å². The van der Waals surface area contributed by atoms with E-state index >= 15 is 0 Å². The van der Waals surface area contributed by atoms with Gasteiger partial charge in [0.15, 0.2) is 5.43 Å². The van der Waals surface area contributed by atoms with Crippen molar-refractivity contribution in [2.45, 2.75) is 33.4 Å². The van der Waals surface area contributed by atoms with Gasteiger partial charge in [0.1, 0.15) is 5.56 Å². The molecule has 3 aromatic rings. The van der Waals surface area contributed by atoms with Gasteiger partial charge in [-0.25, -0.2) is 4.79 Å². The summed E-state index contributed by atoms with van der Waals surface area (Å²) in [5.41, 5.74) is 1.46. The molecule has 1 N–H and O–H groups in total. The average Bonchev–Trinajstić information content (AvgIpc) is 3.15. The highest BCUT2D eigenvalue weighted by atomic mass is 16.5. The minimum Gasteiger partial charge on any atom is -0.480 e. The Balaban J connectivity index is 1.95. The monoisotopic (exact) mass is 425 g/mol. The highest BCUT2D eigenvalue weighted by molar-refractivity contribution is 5.87. The number of nitrogens with zero attached hydrogens (tertiary/aromatic N) is 5. The highest BCUT2D eigenvalue weighted by Gasteiger charge is 2.34. The number of carboxylic acids is 1. The van der Waals surface area contributed by atoms with Crippen molar-refractivity contribution in [2.24, 2.45) is 5.41 Å². The molecule has 0 aromatic carbocycles. The molecule has 0 unspecified atom stereocenters. The van der Waals surface area contributed by atoms with Gasteiger partial charge < -0.3 is 19.1 Å². The van der Waals surface area contributed by atoms with E-state index in [1.165, 1.54) is 26.5 Å². The first kappa shape index (κ1) is 20.6. The predicted octanol–water partition coefficient (Wildman–Crippen LogP) is 2.49. The summed E-state index contributed by atoms with van der Waals surface area (Å²) in [6.07, 6.45) is 1.43. The SMILES string of the molecule is COc1cc(-c2cc3n(n2)C[C@@H](C(C)(C)C)n2cc(C(=O)O)c(=O)cc2-3)c(OC)nn1. The molecule has 0 bridgehead atoms. The molecule has 0 saturated carbocycles. The number of aromatic carboxylic acids is 1. The first-order chi connectivity index (χ1) is 14.6. The average molecular weight is 425 g/mol. The van der Waals surface area contributed by atoms with Crippen molar-refractivity contribution in [1.29, 1.82) is 0 Å². The first-order valence-electron chi connectivity index (χ1n) is 9.67. The van der Waals surface area contributed by atoms with Crippen LogP contribution in [-0.2, 0) is 6.54 Å². The maximum atomic E-state index is 12.5. The molecule has 0 saturated heterocycles. The van der Waals surface area contributed by atoms with Gasteiger partial charge in [0.05, 0.1) is 49.5 Å². The zero-order valence-electron chi connectivity index (χ0n) is 17.9. The van der Waals surface area contributed by atoms with Crippen LogP contribution in [0.4, 0.5) is 0 Å². The largest absolute Gasteiger partial charge is 0.480 e. The van der Waals surface area contributed by atoms with Crippen LogP contribution in [0.5, 0.6) is 11.8 Å². The normalized spacial score (nSPS) is 15.2. The van der Waals surface area contributed by atoms with Gasteiger partial charge in [0.25, 0.3) is 0 Å². The minimum atomic E-state index is -1.24. The molecule has 3 aromatic heterocycles. The van der Waals surface area contributed by atoms with Crippen LogP contribution in [0.15, 0.2) is 29.2 Å². The highest BCUT2D eigenvalue weighted by Crippen LogP contribution is 2.41. The molecule has 1 atom stereocenters. The molecular formula is C21H23N5O5. The second-order valence-electron chi connectivity index (χ2n) is 8.44. The lowest BCUT2D eigenvalue weighted by Gasteiger charge is -2.38. The van der Waals surface area contributed by atoms with Gasteiger partial charge in [-0.1, -0.05) is 20.8 Å². The molecule has 10 heteroatoms. The van der Waals surface area contributed by atoms with Crippen LogP contribution in [-0.4, -0.2) is 49.8 Å². The van der Waals surface area contributed by atoms with Crippen LogP contribution < -0.4 is 14.9 Å². The number of carbonyl (C=O) groups is 1. The Labute approximate surface area is 178 Å². The molecule has 162 valence electrons. The smallest absolute Gasteiger partial charge is 0.341 e. The third-order valence-electron chi connectivity index (χ3n) is 5.45. The van der Waals surface area contributed by atoms with Gasteiger partial charge in [-0.2, -0.15) is 5.10 Å². The van der Waals surface area contributed by atoms with Crippen LogP contribution in [0, 0.1) is 5.41 Å². The Kier molecular flexibility index (Phi) is 4.79. The van der Waals surface area contributed by atoms with Gasteiger partial charge in [-0.15, -0.1) is 10.2 Å². The fourth-order valence-corrected chi connectivity index (χ4v) is 3.81. The summed E-state index contributed by atoms with van der Waals surface area (Å²) >= 11 is 0. The molecular weight excluding hydrogens is 402 g/mol. The number of ether oxygens (including phenoxy) is 2. The zero-order valence-corrected chi connectivity index (χ0v) is 17.9.